The van der Waals surface area contributed by atoms with Crippen LogP contribution in [0.2, 0.25) is 0 Å². The smallest absolute Gasteiger partial charge is 0.337 e. The molecule has 2 heteroatoms. The number of hydrogen-bond donors (Lipinski definition) is 0. The number of esters is 1. The van der Waals surface area contributed by atoms with E-state index in [2.05, 4.69) is 17.9 Å². The fourth-order valence-electron chi connectivity index (χ4n) is 0.295. The molecule has 0 aromatic rings. The maximum Gasteiger partial charge on any atom is 0.337 e. The Bertz CT molecular complexity index is 212. The van der Waals surface area contributed by atoms with Crippen molar-refractivity contribution in [3.8, 4) is 0 Å². The average molecular weight is 152 g/mol. The first kappa shape index (κ1) is 9.69. The van der Waals surface area contributed by atoms with Crippen LogP contribution in [-0.4, -0.2) is 5.97 Å². The van der Waals surface area contributed by atoms with E-state index in [-0.39, 0.29) is 0 Å². The Morgan fingerprint density at radius 3 is 2.36 bits per heavy atom. The minimum atomic E-state index is -0.411. The van der Waals surface area contributed by atoms with Crippen molar-refractivity contribution in [2.45, 2.75) is 13.8 Å². The molecule has 0 rings (SSSR count). The van der Waals surface area contributed by atoms with E-state index in [1.54, 1.807) is 19.9 Å². The molecule has 0 radical (unpaired) electrons. The summed E-state index contributed by atoms with van der Waals surface area (Å²) in [5.41, 5.74) is 1.19. The topological polar surface area (TPSA) is 26.3 Å². The monoisotopic (exact) mass is 152 g/mol. The molecule has 0 aliphatic heterocycles. The molecule has 60 valence electrons. The molecule has 0 fully saturated rings. The fraction of sp³-hybridized carbons (Fsp3) is 0.222. The second-order valence-corrected chi connectivity index (χ2v) is 2.25. The van der Waals surface area contributed by atoms with Crippen molar-refractivity contribution >= 4 is 5.97 Å². The van der Waals surface area contributed by atoms with Crippen LogP contribution in [0.5, 0.6) is 0 Å². The molecule has 0 saturated carbocycles. The van der Waals surface area contributed by atoms with Gasteiger partial charge in [-0.15, -0.1) is 0 Å². The Balaban J connectivity index is 3.98. The fourth-order valence-corrected chi connectivity index (χ4v) is 0.295. The highest BCUT2D eigenvalue weighted by Crippen LogP contribution is 1.97. The summed E-state index contributed by atoms with van der Waals surface area (Å²) in [6.45, 7) is 10.3. The number of hydrogen-bond acceptors (Lipinski definition) is 2. The second-order valence-electron chi connectivity index (χ2n) is 2.25. The quantitative estimate of drug-likeness (QED) is 0.268. The average Bonchev–Trinajstić information content (AvgIpc) is 1.99. The predicted octanol–water partition coefficient (Wildman–Crippen LogP) is 2.20. The number of ether oxygens (including phenoxy) is 1. The molecule has 0 aliphatic carbocycles. The first-order chi connectivity index (χ1) is 5.07. The van der Waals surface area contributed by atoms with Gasteiger partial charge in [-0.05, 0) is 19.4 Å². The van der Waals surface area contributed by atoms with E-state index in [9.17, 15) is 4.79 Å². The van der Waals surface area contributed by atoms with Crippen molar-refractivity contribution in [2.24, 2.45) is 0 Å². The lowest BCUT2D eigenvalue weighted by atomic mass is 10.3. The molecule has 0 unspecified atom stereocenters. The van der Waals surface area contributed by atoms with Gasteiger partial charge in [-0.2, -0.15) is 0 Å². The summed E-state index contributed by atoms with van der Waals surface area (Å²) in [5.74, 6) is -0.411. The molecular weight excluding hydrogens is 140 g/mol. The van der Waals surface area contributed by atoms with Crippen molar-refractivity contribution in [2.75, 3.05) is 0 Å². The SMILES string of the molecule is C=CC(C)=COC(=O)C(=C)C. The van der Waals surface area contributed by atoms with E-state index < -0.39 is 5.97 Å². The summed E-state index contributed by atoms with van der Waals surface area (Å²) in [6.07, 6.45) is 2.95. The Morgan fingerprint density at radius 2 is 2.00 bits per heavy atom. The van der Waals surface area contributed by atoms with Crippen LogP contribution >= 0.6 is 0 Å². The Morgan fingerprint density at radius 1 is 1.45 bits per heavy atom. The lowest BCUT2D eigenvalue weighted by molar-refractivity contribution is -0.133. The zero-order valence-corrected chi connectivity index (χ0v) is 6.89. The summed E-state index contributed by atoms with van der Waals surface area (Å²) in [7, 11) is 0. The molecule has 0 amide bonds. The molecule has 11 heavy (non-hydrogen) atoms. The summed E-state index contributed by atoms with van der Waals surface area (Å²) in [4.78, 5) is 10.8. The lowest BCUT2D eigenvalue weighted by Gasteiger charge is -1.96. The Hall–Kier alpha value is -1.31. The van der Waals surface area contributed by atoms with Gasteiger partial charge in [0.15, 0.2) is 0 Å². The highest BCUT2D eigenvalue weighted by molar-refractivity contribution is 5.87. The van der Waals surface area contributed by atoms with Crippen molar-refractivity contribution in [1.29, 1.82) is 0 Å². The third kappa shape index (κ3) is 4.14. The predicted molar refractivity (Wildman–Crippen MR) is 44.9 cm³/mol. The highest BCUT2D eigenvalue weighted by Gasteiger charge is 1.99. The van der Waals surface area contributed by atoms with Gasteiger partial charge >= 0.3 is 5.97 Å². The van der Waals surface area contributed by atoms with Crippen LogP contribution in [-0.2, 0) is 9.53 Å². The standard InChI is InChI=1S/C9H12O2/c1-5-8(4)6-11-9(10)7(2)3/h5-6H,1-2H2,3-4H3. The van der Waals surface area contributed by atoms with Crippen molar-refractivity contribution in [3.05, 3.63) is 36.6 Å². The normalized spacial score (nSPS) is 10.5. The number of carbonyl (C=O) groups is 1. The maximum absolute atomic E-state index is 10.8. The highest BCUT2D eigenvalue weighted by atomic mass is 16.5. The van der Waals surface area contributed by atoms with Gasteiger partial charge in [0.05, 0.1) is 6.26 Å². The molecule has 0 bridgehead atoms. The molecule has 2 nitrogen and oxygen atoms in total. The minimum absolute atomic E-state index is 0.387. The second kappa shape index (κ2) is 4.50. The molecule has 0 aromatic carbocycles. The number of carbonyl (C=O) groups excluding carboxylic acids is 1. The van der Waals surface area contributed by atoms with E-state index in [1.807, 2.05) is 0 Å². The lowest BCUT2D eigenvalue weighted by Crippen LogP contribution is -1.99. The van der Waals surface area contributed by atoms with E-state index in [0.717, 1.165) is 5.57 Å². The van der Waals surface area contributed by atoms with Crippen LogP contribution < -0.4 is 0 Å². The molecule has 0 heterocycles. The van der Waals surface area contributed by atoms with Gasteiger partial charge in [0.25, 0.3) is 0 Å². The summed E-state index contributed by atoms with van der Waals surface area (Å²) >= 11 is 0. The first-order valence-electron chi connectivity index (χ1n) is 3.23. The van der Waals surface area contributed by atoms with Crippen LogP contribution in [0.3, 0.4) is 0 Å². The molecule has 0 spiro atoms. The van der Waals surface area contributed by atoms with Gasteiger partial charge in [-0.1, -0.05) is 19.2 Å². The molecule has 0 N–H and O–H groups in total. The number of allylic oxidation sites excluding steroid dienone is 2. The molecule has 0 saturated heterocycles. The van der Waals surface area contributed by atoms with Crippen LogP contribution in [0, 0.1) is 0 Å². The van der Waals surface area contributed by atoms with E-state index in [4.69, 9.17) is 0 Å². The zero-order chi connectivity index (χ0) is 8.85. The van der Waals surface area contributed by atoms with Gasteiger partial charge < -0.3 is 4.74 Å². The zero-order valence-electron chi connectivity index (χ0n) is 6.89. The van der Waals surface area contributed by atoms with Crippen LogP contribution in [0.4, 0.5) is 0 Å². The minimum Gasteiger partial charge on any atom is -0.431 e. The molecule has 0 atom stereocenters. The molecule has 0 aliphatic rings. The third-order valence-corrected chi connectivity index (χ3v) is 1.02. The van der Waals surface area contributed by atoms with Gasteiger partial charge in [-0.3, -0.25) is 0 Å². The summed E-state index contributed by atoms with van der Waals surface area (Å²) in [5, 5.41) is 0. The largest absolute Gasteiger partial charge is 0.431 e. The van der Waals surface area contributed by atoms with E-state index in [0.29, 0.717) is 5.57 Å². The Kier molecular flexibility index (Phi) is 3.96. The molecule has 0 aromatic heterocycles. The number of rotatable bonds is 3. The van der Waals surface area contributed by atoms with Crippen molar-refractivity contribution in [1.82, 2.24) is 0 Å². The van der Waals surface area contributed by atoms with Crippen LogP contribution in [0.1, 0.15) is 13.8 Å². The van der Waals surface area contributed by atoms with E-state index in [1.165, 1.54) is 6.26 Å². The van der Waals surface area contributed by atoms with Gasteiger partial charge in [0.2, 0.25) is 0 Å². The summed E-state index contributed by atoms with van der Waals surface area (Å²) < 4.78 is 4.68. The van der Waals surface area contributed by atoms with Crippen molar-refractivity contribution in [3.63, 3.8) is 0 Å². The van der Waals surface area contributed by atoms with E-state index >= 15 is 0 Å². The van der Waals surface area contributed by atoms with Gasteiger partial charge in [-0.25, -0.2) is 4.79 Å². The van der Waals surface area contributed by atoms with Crippen LogP contribution in [0.15, 0.2) is 36.6 Å². The Labute approximate surface area is 66.9 Å². The van der Waals surface area contributed by atoms with Gasteiger partial charge in [0.1, 0.15) is 0 Å². The van der Waals surface area contributed by atoms with Crippen LogP contribution in [0.25, 0.3) is 0 Å². The molecular formula is C9H12O2. The third-order valence-electron chi connectivity index (χ3n) is 1.02. The first-order valence-corrected chi connectivity index (χ1v) is 3.23. The summed E-state index contributed by atoms with van der Waals surface area (Å²) in [6, 6.07) is 0. The van der Waals surface area contributed by atoms with Crippen molar-refractivity contribution < 1.29 is 9.53 Å². The van der Waals surface area contributed by atoms with Gasteiger partial charge in [0, 0.05) is 5.57 Å². The maximum atomic E-state index is 10.8.